The maximum atomic E-state index is 10.7. The first-order chi connectivity index (χ1) is 9.51. The lowest BCUT2D eigenvalue weighted by atomic mass is 9.83. The molecule has 0 aromatic heterocycles. The molecule has 1 rings (SSSR count). The first kappa shape index (κ1) is 21.5. The van der Waals surface area contributed by atoms with Crippen molar-refractivity contribution in [3.8, 4) is 0 Å². The van der Waals surface area contributed by atoms with E-state index in [2.05, 4.69) is 30.8 Å². The molecule has 0 aromatic rings. The zero-order valence-corrected chi connectivity index (χ0v) is 14.6. The van der Waals surface area contributed by atoms with E-state index < -0.39 is 0 Å². The van der Waals surface area contributed by atoms with Crippen LogP contribution in [0.2, 0.25) is 0 Å². The molecule has 0 heterocycles. The van der Waals surface area contributed by atoms with Crippen LogP contribution in [0, 0.1) is 0 Å². The van der Waals surface area contributed by atoms with Gasteiger partial charge in [0.25, 0.3) is 0 Å². The van der Waals surface area contributed by atoms with Crippen molar-refractivity contribution in [2.45, 2.75) is 71.8 Å². The van der Waals surface area contributed by atoms with Gasteiger partial charge in [-0.05, 0) is 33.2 Å². The van der Waals surface area contributed by atoms with Crippen molar-refractivity contribution >= 4 is 6.29 Å². The second-order valence-electron chi connectivity index (χ2n) is 5.24. The maximum absolute atomic E-state index is 10.7. The van der Waals surface area contributed by atoms with E-state index in [0.29, 0.717) is 0 Å². The molecule has 0 amide bonds. The molecule has 0 bridgehead atoms. The van der Waals surface area contributed by atoms with Crippen LogP contribution >= 0.6 is 0 Å². The highest BCUT2D eigenvalue weighted by Gasteiger charge is 2.28. The summed E-state index contributed by atoms with van der Waals surface area (Å²) in [7, 11) is 3.94. The largest absolute Gasteiger partial charge is 0.379 e. The molecule has 1 N–H and O–H groups in total. The first-order valence-electron chi connectivity index (χ1n) is 8.03. The molecule has 0 atom stereocenters. The minimum Gasteiger partial charge on any atom is -0.379 e. The van der Waals surface area contributed by atoms with Crippen LogP contribution in [0.1, 0.15) is 66.2 Å². The Balaban J connectivity index is 0. The van der Waals surface area contributed by atoms with Gasteiger partial charge in [0.2, 0.25) is 0 Å². The SMILES string of the molecule is C=C(C)N(C)CCC.CC.CNC1(C=O)CCCCC1. The number of carbonyl (C=O) groups excluding carboxylic acids is 1. The third kappa shape index (κ3) is 9.13. The predicted molar refractivity (Wildman–Crippen MR) is 90.0 cm³/mol. The molecule has 0 unspecified atom stereocenters. The molecule has 0 saturated heterocycles. The third-order valence-electron chi connectivity index (χ3n) is 3.68. The molecule has 3 heteroatoms. The molecule has 0 spiro atoms. The van der Waals surface area contributed by atoms with Gasteiger partial charge in [0.05, 0.1) is 5.54 Å². The van der Waals surface area contributed by atoms with E-state index in [4.69, 9.17) is 0 Å². The van der Waals surface area contributed by atoms with E-state index in [-0.39, 0.29) is 5.54 Å². The molecule has 1 aliphatic carbocycles. The lowest BCUT2D eigenvalue weighted by Gasteiger charge is -2.31. The van der Waals surface area contributed by atoms with Crippen LogP contribution in [-0.4, -0.2) is 37.4 Å². The van der Waals surface area contributed by atoms with Crippen LogP contribution in [0.5, 0.6) is 0 Å². The van der Waals surface area contributed by atoms with Gasteiger partial charge < -0.3 is 15.0 Å². The lowest BCUT2D eigenvalue weighted by molar-refractivity contribution is -0.114. The quantitative estimate of drug-likeness (QED) is 0.775. The summed E-state index contributed by atoms with van der Waals surface area (Å²) in [6.45, 7) is 13.1. The van der Waals surface area contributed by atoms with Crippen molar-refractivity contribution in [3.63, 3.8) is 0 Å². The smallest absolute Gasteiger partial charge is 0.140 e. The Morgan fingerprint density at radius 1 is 1.30 bits per heavy atom. The number of nitrogens with one attached hydrogen (secondary N) is 1. The Labute approximate surface area is 126 Å². The van der Waals surface area contributed by atoms with E-state index in [9.17, 15) is 4.79 Å². The normalized spacial score (nSPS) is 15.9. The van der Waals surface area contributed by atoms with Crippen LogP contribution in [0.25, 0.3) is 0 Å². The van der Waals surface area contributed by atoms with Crippen LogP contribution in [0.3, 0.4) is 0 Å². The molecule has 0 radical (unpaired) electrons. The van der Waals surface area contributed by atoms with E-state index >= 15 is 0 Å². The second kappa shape index (κ2) is 13.2. The van der Waals surface area contributed by atoms with Crippen molar-refractivity contribution < 1.29 is 4.79 Å². The molecule has 3 nitrogen and oxygen atoms in total. The Kier molecular flexibility index (Phi) is 14.1. The number of allylic oxidation sites excluding steroid dienone is 1. The summed E-state index contributed by atoms with van der Waals surface area (Å²) >= 11 is 0. The lowest BCUT2D eigenvalue weighted by Crippen LogP contribution is -2.45. The van der Waals surface area contributed by atoms with Gasteiger partial charge in [0, 0.05) is 19.3 Å². The minimum atomic E-state index is -0.168. The molecule has 0 aromatic carbocycles. The summed E-state index contributed by atoms with van der Waals surface area (Å²) in [6, 6.07) is 0. The van der Waals surface area contributed by atoms with E-state index in [1.54, 1.807) is 0 Å². The molecular formula is C17H36N2O. The fraction of sp³-hybridized carbons (Fsp3) is 0.824. The van der Waals surface area contributed by atoms with E-state index in [1.165, 1.54) is 25.7 Å². The van der Waals surface area contributed by atoms with E-state index in [1.807, 2.05) is 27.8 Å². The van der Waals surface area contributed by atoms with Gasteiger partial charge in [0.1, 0.15) is 6.29 Å². The number of rotatable bonds is 5. The maximum Gasteiger partial charge on any atom is 0.140 e. The van der Waals surface area contributed by atoms with Gasteiger partial charge >= 0.3 is 0 Å². The van der Waals surface area contributed by atoms with Crippen molar-refractivity contribution in [3.05, 3.63) is 12.3 Å². The zero-order chi connectivity index (χ0) is 16.0. The molecule has 1 aliphatic rings. The zero-order valence-electron chi connectivity index (χ0n) is 14.6. The topological polar surface area (TPSA) is 32.3 Å². The number of hydrogen-bond donors (Lipinski definition) is 1. The fourth-order valence-corrected chi connectivity index (χ4v) is 2.14. The van der Waals surface area contributed by atoms with Gasteiger partial charge in [-0.25, -0.2) is 0 Å². The number of aldehydes is 1. The van der Waals surface area contributed by atoms with Gasteiger partial charge in [-0.15, -0.1) is 0 Å². The Hall–Kier alpha value is -0.830. The summed E-state index contributed by atoms with van der Waals surface area (Å²) < 4.78 is 0. The summed E-state index contributed by atoms with van der Waals surface area (Å²) in [5.41, 5.74) is 0.977. The molecule has 1 saturated carbocycles. The summed E-state index contributed by atoms with van der Waals surface area (Å²) in [5, 5.41) is 3.10. The van der Waals surface area contributed by atoms with Gasteiger partial charge in [0.15, 0.2) is 0 Å². The standard InChI is InChI=1S/C8H15NO.C7H15N.C2H6/c1-9-8(7-10)5-3-2-4-6-8;1-5-6-8(4)7(2)3;1-2/h7,9H,2-6H2,1H3;2,5-6H2,1,3-4H3;1-2H3. The minimum absolute atomic E-state index is 0.168. The Morgan fingerprint density at radius 3 is 2.00 bits per heavy atom. The van der Waals surface area contributed by atoms with Crippen LogP contribution in [0.4, 0.5) is 0 Å². The highest BCUT2D eigenvalue weighted by atomic mass is 16.1. The van der Waals surface area contributed by atoms with Crippen molar-refractivity contribution in [1.82, 2.24) is 10.2 Å². The number of nitrogens with zero attached hydrogens (tertiary/aromatic N) is 1. The number of hydrogen-bond acceptors (Lipinski definition) is 3. The van der Waals surface area contributed by atoms with Crippen molar-refractivity contribution in [2.24, 2.45) is 0 Å². The predicted octanol–water partition coefficient (Wildman–Crippen LogP) is 4.00. The van der Waals surface area contributed by atoms with Crippen LogP contribution in [0.15, 0.2) is 12.3 Å². The van der Waals surface area contributed by atoms with Crippen LogP contribution in [-0.2, 0) is 4.79 Å². The van der Waals surface area contributed by atoms with Gasteiger partial charge in [-0.2, -0.15) is 0 Å². The highest BCUT2D eigenvalue weighted by Crippen LogP contribution is 2.25. The number of carbonyl (C=O) groups is 1. The van der Waals surface area contributed by atoms with Gasteiger partial charge in [-0.1, -0.05) is 46.6 Å². The van der Waals surface area contributed by atoms with Crippen molar-refractivity contribution in [1.29, 1.82) is 0 Å². The number of likely N-dealkylation sites (N-methyl/N-ethyl adjacent to an activating group) is 1. The summed E-state index contributed by atoms with van der Waals surface area (Å²) in [4.78, 5) is 12.8. The average molecular weight is 284 g/mol. The third-order valence-corrected chi connectivity index (χ3v) is 3.68. The second-order valence-corrected chi connectivity index (χ2v) is 5.24. The van der Waals surface area contributed by atoms with Crippen LogP contribution < -0.4 is 5.32 Å². The first-order valence-corrected chi connectivity index (χ1v) is 8.03. The van der Waals surface area contributed by atoms with Gasteiger partial charge in [-0.3, -0.25) is 0 Å². The molecular weight excluding hydrogens is 248 g/mol. The molecule has 20 heavy (non-hydrogen) atoms. The molecule has 120 valence electrons. The Bertz CT molecular complexity index is 245. The van der Waals surface area contributed by atoms with Crippen molar-refractivity contribution in [2.75, 3.05) is 20.6 Å². The molecule has 0 aliphatic heterocycles. The molecule has 1 fully saturated rings. The Morgan fingerprint density at radius 2 is 1.80 bits per heavy atom. The monoisotopic (exact) mass is 284 g/mol. The fourth-order valence-electron chi connectivity index (χ4n) is 2.14. The highest BCUT2D eigenvalue weighted by molar-refractivity contribution is 5.64. The van der Waals surface area contributed by atoms with E-state index in [0.717, 1.165) is 31.4 Å². The average Bonchev–Trinajstić information content (AvgIpc) is 2.51. The summed E-state index contributed by atoms with van der Waals surface area (Å²) in [6.07, 6.45) is 7.99. The summed E-state index contributed by atoms with van der Waals surface area (Å²) in [5.74, 6) is 0.